The third kappa shape index (κ3) is 8.25. The van der Waals surface area contributed by atoms with E-state index in [1.807, 2.05) is 51.1 Å². The number of carbonyl (C=O) groups excluding carboxylic acids is 2. The summed E-state index contributed by atoms with van der Waals surface area (Å²) in [6.45, 7) is 5.37. The first-order valence-electron chi connectivity index (χ1n) is 11.5. The van der Waals surface area contributed by atoms with E-state index in [1.165, 1.54) is 23.1 Å². The molecule has 0 radical (unpaired) electrons. The molecule has 0 heterocycles. The van der Waals surface area contributed by atoms with Gasteiger partial charge in [-0.3, -0.25) is 9.59 Å². The zero-order chi connectivity index (χ0) is 26.3. The number of hydrogen-bond acceptors (Lipinski definition) is 3. The number of rotatable bonds is 9. The number of amides is 2. The molecule has 0 aliphatic carbocycles. The van der Waals surface area contributed by atoms with E-state index in [4.69, 9.17) is 27.9 Å². The van der Waals surface area contributed by atoms with E-state index in [-0.39, 0.29) is 36.3 Å². The Balaban J connectivity index is 1.93. The Hall–Kier alpha value is -3.09. The Kier molecular flexibility index (Phi) is 9.35. The molecule has 0 spiro atoms. The first kappa shape index (κ1) is 27.5. The van der Waals surface area contributed by atoms with Crippen molar-refractivity contribution in [3.63, 3.8) is 0 Å². The minimum absolute atomic E-state index is 0.0892. The maximum Gasteiger partial charge on any atom is 0.261 e. The van der Waals surface area contributed by atoms with Crippen LogP contribution in [0.15, 0.2) is 72.8 Å². The summed E-state index contributed by atoms with van der Waals surface area (Å²) in [6.07, 6.45) is 0.289. The van der Waals surface area contributed by atoms with Crippen LogP contribution in [0.4, 0.5) is 4.39 Å². The molecule has 0 saturated heterocycles. The lowest BCUT2D eigenvalue weighted by Gasteiger charge is -2.33. The van der Waals surface area contributed by atoms with Crippen LogP contribution in [0.25, 0.3) is 0 Å². The minimum Gasteiger partial charge on any atom is -0.482 e. The Morgan fingerprint density at radius 1 is 0.972 bits per heavy atom. The molecule has 0 saturated carbocycles. The third-order valence-electron chi connectivity index (χ3n) is 5.28. The number of carbonyl (C=O) groups is 2. The minimum atomic E-state index is -0.839. The molecule has 0 fully saturated rings. The van der Waals surface area contributed by atoms with Gasteiger partial charge in [-0.1, -0.05) is 65.7 Å². The average molecular weight is 531 g/mol. The fraction of sp³-hybridized carbons (Fsp3) is 0.286. The number of benzene rings is 3. The van der Waals surface area contributed by atoms with Crippen LogP contribution < -0.4 is 10.1 Å². The van der Waals surface area contributed by atoms with Crippen molar-refractivity contribution in [1.82, 2.24) is 10.2 Å². The summed E-state index contributed by atoms with van der Waals surface area (Å²) in [5, 5.41) is 3.70. The molecule has 1 unspecified atom stereocenters. The largest absolute Gasteiger partial charge is 0.482 e. The van der Waals surface area contributed by atoms with Crippen molar-refractivity contribution in [1.29, 1.82) is 0 Å². The molecular weight excluding hydrogens is 502 g/mol. The lowest BCUT2D eigenvalue weighted by atomic mass is 10.0. The molecule has 8 heteroatoms. The number of ether oxygens (including phenoxy) is 1. The smallest absolute Gasteiger partial charge is 0.261 e. The summed E-state index contributed by atoms with van der Waals surface area (Å²) >= 11 is 12.1. The van der Waals surface area contributed by atoms with Gasteiger partial charge in [0.25, 0.3) is 5.91 Å². The summed E-state index contributed by atoms with van der Waals surface area (Å²) in [5.74, 6) is -0.805. The van der Waals surface area contributed by atoms with Gasteiger partial charge in [-0.25, -0.2) is 4.39 Å². The molecule has 3 aromatic carbocycles. The zero-order valence-electron chi connectivity index (χ0n) is 20.4. The van der Waals surface area contributed by atoms with Crippen molar-refractivity contribution in [2.45, 2.75) is 45.3 Å². The predicted molar refractivity (Wildman–Crippen MR) is 141 cm³/mol. The molecule has 0 aromatic heterocycles. The van der Waals surface area contributed by atoms with Crippen molar-refractivity contribution in [2.24, 2.45) is 0 Å². The Morgan fingerprint density at radius 3 is 2.25 bits per heavy atom. The van der Waals surface area contributed by atoms with E-state index < -0.39 is 17.5 Å². The monoisotopic (exact) mass is 530 g/mol. The maximum atomic E-state index is 13.5. The van der Waals surface area contributed by atoms with Gasteiger partial charge >= 0.3 is 0 Å². The summed E-state index contributed by atoms with van der Waals surface area (Å²) in [7, 11) is 0. The second-order valence-electron chi connectivity index (χ2n) is 9.46. The van der Waals surface area contributed by atoms with Crippen molar-refractivity contribution < 1.29 is 18.7 Å². The molecule has 190 valence electrons. The van der Waals surface area contributed by atoms with Gasteiger partial charge in [0.05, 0.1) is 5.02 Å². The van der Waals surface area contributed by atoms with Gasteiger partial charge in [0.15, 0.2) is 6.61 Å². The van der Waals surface area contributed by atoms with Crippen LogP contribution in [-0.2, 0) is 22.6 Å². The van der Waals surface area contributed by atoms with Crippen LogP contribution in [0.5, 0.6) is 5.75 Å². The molecule has 2 amide bonds. The zero-order valence-corrected chi connectivity index (χ0v) is 21.9. The van der Waals surface area contributed by atoms with Crippen LogP contribution in [-0.4, -0.2) is 34.9 Å². The normalized spacial score (nSPS) is 12.1. The predicted octanol–water partition coefficient (Wildman–Crippen LogP) is 6.07. The van der Waals surface area contributed by atoms with Crippen LogP contribution >= 0.6 is 23.2 Å². The van der Waals surface area contributed by atoms with E-state index >= 15 is 0 Å². The lowest BCUT2D eigenvalue weighted by Crippen LogP contribution is -2.55. The first-order chi connectivity index (χ1) is 17.0. The lowest BCUT2D eigenvalue weighted by molar-refractivity contribution is -0.143. The van der Waals surface area contributed by atoms with Gasteiger partial charge in [-0.15, -0.1) is 0 Å². The Bertz CT molecular complexity index is 1180. The quantitative estimate of drug-likeness (QED) is 0.365. The fourth-order valence-corrected chi connectivity index (χ4v) is 4.07. The Labute approximate surface area is 221 Å². The van der Waals surface area contributed by atoms with Crippen molar-refractivity contribution >= 4 is 35.0 Å². The van der Waals surface area contributed by atoms with E-state index in [0.717, 1.165) is 5.56 Å². The molecule has 0 aliphatic heterocycles. The Morgan fingerprint density at radius 2 is 1.64 bits per heavy atom. The maximum absolute atomic E-state index is 13.5. The van der Waals surface area contributed by atoms with E-state index in [1.54, 1.807) is 24.3 Å². The second kappa shape index (κ2) is 12.2. The van der Waals surface area contributed by atoms with Gasteiger partial charge in [0.2, 0.25) is 5.91 Å². The third-order valence-corrected chi connectivity index (χ3v) is 5.81. The van der Waals surface area contributed by atoms with Gasteiger partial charge in [0, 0.05) is 23.5 Å². The SMILES string of the molecule is CC(C)(C)NC(=O)C(Cc1ccccc1)N(Cc1ccc(F)cc1)C(=O)COc1ccc(Cl)cc1Cl. The number of halogens is 3. The molecule has 1 N–H and O–H groups in total. The molecular formula is C28H29Cl2FN2O3. The highest BCUT2D eigenvalue weighted by Crippen LogP contribution is 2.27. The summed E-state index contributed by atoms with van der Waals surface area (Å²) in [4.78, 5) is 28.5. The molecule has 3 aromatic rings. The van der Waals surface area contributed by atoms with Gasteiger partial charge in [-0.05, 0) is 62.2 Å². The molecule has 36 heavy (non-hydrogen) atoms. The summed E-state index contributed by atoms with van der Waals surface area (Å²) < 4.78 is 19.2. The van der Waals surface area contributed by atoms with Gasteiger partial charge < -0.3 is 15.0 Å². The highest BCUT2D eigenvalue weighted by Gasteiger charge is 2.32. The van der Waals surface area contributed by atoms with Gasteiger partial charge in [0.1, 0.15) is 17.6 Å². The van der Waals surface area contributed by atoms with Gasteiger partial charge in [-0.2, -0.15) is 0 Å². The molecule has 5 nitrogen and oxygen atoms in total. The fourth-order valence-electron chi connectivity index (χ4n) is 3.61. The second-order valence-corrected chi connectivity index (χ2v) is 10.3. The van der Waals surface area contributed by atoms with E-state index in [2.05, 4.69) is 5.32 Å². The van der Waals surface area contributed by atoms with Crippen LogP contribution in [0.2, 0.25) is 10.0 Å². The van der Waals surface area contributed by atoms with E-state index in [0.29, 0.717) is 16.3 Å². The molecule has 1 atom stereocenters. The number of hydrogen-bond donors (Lipinski definition) is 1. The number of nitrogens with zero attached hydrogens (tertiary/aromatic N) is 1. The summed E-state index contributed by atoms with van der Waals surface area (Å²) in [6, 6.07) is 19.2. The van der Waals surface area contributed by atoms with Crippen LogP contribution in [0.3, 0.4) is 0 Å². The highest BCUT2D eigenvalue weighted by atomic mass is 35.5. The average Bonchev–Trinajstić information content (AvgIpc) is 2.81. The topological polar surface area (TPSA) is 58.6 Å². The molecule has 0 bridgehead atoms. The molecule has 3 rings (SSSR count). The van der Waals surface area contributed by atoms with Crippen LogP contribution in [0, 0.1) is 5.82 Å². The molecule has 0 aliphatic rings. The van der Waals surface area contributed by atoms with E-state index in [9.17, 15) is 14.0 Å². The first-order valence-corrected chi connectivity index (χ1v) is 12.2. The van der Waals surface area contributed by atoms with Crippen molar-refractivity contribution in [3.8, 4) is 5.75 Å². The highest BCUT2D eigenvalue weighted by molar-refractivity contribution is 6.35. The van der Waals surface area contributed by atoms with Crippen molar-refractivity contribution in [3.05, 3.63) is 99.8 Å². The van der Waals surface area contributed by atoms with Crippen molar-refractivity contribution in [2.75, 3.05) is 6.61 Å². The number of nitrogens with one attached hydrogen (secondary N) is 1. The van der Waals surface area contributed by atoms with Crippen LogP contribution in [0.1, 0.15) is 31.9 Å². The summed E-state index contributed by atoms with van der Waals surface area (Å²) in [5.41, 5.74) is 1.06. The standard InChI is InChI=1S/C28H29Cl2FN2O3/c1-28(2,3)32-27(35)24(15-19-7-5-4-6-8-19)33(17-20-9-12-22(31)13-10-20)26(34)18-36-25-14-11-21(29)16-23(25)30/h4-14,16,24H,15,17-18H2,1-3H3,(H,32,35).